The lowest BCUT2D eigenvalue weighted by Gasteiger charge is -1.93. The molecule has 0 atom stereocenters. The molecule has 0 saturated heterocycles. The molecule has 0 aliphatic carbocycles. The topological polar surface area (TPSA) is 61.1 Å². The fourth-order valence-electron chi connectivity index (χ4n) is 1.31. The van der Waals surface area contributed by atoms with E-state index in [9.17, 15) is 0 Å². The van der Waals surface area contributed by atoms with Crippen molar-refractivity contribution in [3.8, 4) is 0 Å². The summed E-state index contributed by atoms with van der Waals surface area (Å²) < 4.78 is 29.3. The van der Waals surface area contributed by atoms with Gasteiger partial charge in [-0.1, -0.05) is 12.1 Å². The van der Waals surface area contributed by atoms with E-state index in [-0.39, 0.29) is 0 Å². The fourth-order valence-corrected chi connectivity index (χ4v) is 1.31. The first kappa shape index (κ1) is 12.6. The van der Waals surface area contributed by atoms with E-state index in [0.717, 1.165) is 0 Å². The van der Waals surface area contributed by atoms with Crippen LogP contribution in [-0.2, 0) is 17.2 Å². The summed E-state index contributed by atoms with van der Waals surface area (Å²) in [6, 6.07) is 12.5. The normalized spacial score (nSPS) is 10.7. The van der Waals surface area contributed by atoms with Crippen molar-refractivity contribution >= 4 is 21.0 Å². The monoisotopic (exact) mass is 239 g/mol. The van der Waals surface area contributed by atoms with Gasteiger partial charge in [-0.2, -0.15) is 0 Å². The minimum Gasteiger partial charge on any atom is -0.748 e. The maximum atomic E-state index is 9.08. The van der Waals surface area contributed by atoms with Gasteiger partial charge in [0.25, 0.3) is 0 Å². The summed E-state index contributed by atoms with van der Waals surface area (Å²) in [5, 5.41) is 1.29. The molecule has 2 aromatic rings. The van der Waals surface area contributed by atoms with Gasteiger partial charge in [-0.05, 0) is 12.1 Å². The van der Waals surface area contributed by atoms with Gasteiger partial charge >= 0.3 is 0 Å². The molecule has 86 valence electrons. The molecule has 0 fully saturated rings. The maximum Gasteiger partial charge on any atom is 0.212 e. The lowest BCUT2D eigenvalue weighted by atomic mass is 10.2. The number of hydrogen-bond acceptors (Lipinski definition) is 3. The Morgan fingerprint density at radius 3 is 2.19 bits per heavy atom. The van der Waals surface area contributed by atoms with Crippen molar-refractivity contribution in [3.63, 3.8) is 0 Å². The number of benzene rings is 1. The molecule has 0 radical (unpaired) electrons. The van der Waals surface area contributed by atoms with Crippen molar-refractivity contribution in [2.24, 2.45) is 7.05 Å². The molecule has 1 heterocycles. The Morgan fingerprint density at radius 1 is 1.12 bits per heavy atom. The van der Waals surface area contributed by atoms with Gasteiger partial charge in [0, 0.05) is 23.8 Å². The number of para-hydroxylation sites is 1. The summed E-state index contributed by atoms with van der Waals surface area (Å²) in [6.07, 6.45) is 2.66. The third kappa shape index (κ3) is 4.37. The van der Waals surface area contributed by atoms with Gasteiger partial charge in [-0.15, -0.1) is 0 Å². The van der Waals surface area contributed by atoms with E-state index < -0.39 is 10.1 Å². The van der Waals surface area contributed by atoms with Gasteiger partial charge in [-0.25, -0.2) is 13.0 Å². The van der Waals surface area contributed by atoms with E-state index in [4.69, 9.17) is 13.0 Å². The molecule has 0 aliphatic heterocycles. The second-order valence-corrected chi connectivity index (χ2v) is 4.79. The molecule has 0 N–H and O–H groups in total. The molecule has 16 heavy (non-hydrogen) atoms. The highest BCUT2D eigenvalue weighted by Gasteiger charge is 1.99. The average molecular weight is 239 g/mol. The number of aryl methyl sites for hydroxylation is 1. The van der Waals surface area contributed by atoms with Crippen LogP contribution >= 0.6 is 0 Å². The summed E-state index contributed by atoms with van der Waals surface area (Å²) in [5.41, 5.74) is 1.27. The number of rotatable bonds is 0. The summed E-state index contributed by atoms with van der Waals surface area (Å²) in [7, 11) is -1.86. The molecule has 0 bridgehead atoms. The summed E-state index contributed by atoms with van der Waals surface area (Å²) in [6.45, 7) is 0. The van der Waals surface area contributed by atoms with Crippen molar-refractivity contribution in [1.82, 2.24) is 0 Å². The van der Waals surface area contributed by atoms with E-state index in [2.05, 4.69) is 54.2 Å². The van der Waals surface area contributed by atoms with Crippen molar-refractivity contribution in [1.29, 1.82) is 0 Å². The zero-order valence-electron chi connectivity index (χ0n) is 9.12. The molecule has 0 spiro atoms. The van der Waals surface area contributed by atoms with E-state index in [1.807, 2.05) is 0 Å². The third-order valence-corrected chi connectivity index (χ3v) is 1.90. The second-order valence-electron chi connectivity index (χ2n) is 3.38. The van der Waals surface area contributed by atoms with Gasteiger partial charge < -0.3 is 4.55 Å². The average Bonchev–Trinajstić information content (AvgIpc) is 2.16. The number of hydrogen-bond donors (Lipinski definition) is 0. The van der Waals surface area contributed by atoms with Crippen molar-refractivity contribution < 1.29 is 17.5 Å². The quantitative estimate of drug-likeness (QED) is 0.505. The predicted molar refractivity (Wildman–Crippen MR) is 60.7 cm³/mol. The summed E-state index contributed by atoms with van der Waals surface area (Å²) >= 11 is 0. The molecule has 1 aromatic heterocycles. The Balaban J connectivity index is 0.000000221. The SMILES string of the molecule is CS(=O)(=O)[O-].C[n+]1cccc2ccccc21. The second kappa shape index (κ2) is 5.05. The summed E-state index contributed by atoms with van der Waals surface area (Å²) in [4.78, 5) is 0. The van der Waals surface area contributed by atoms with Gasteiger partial charge in [0.15, 0.2) is 6.20 Å². The van der Waals surface area contributed by atoms with Gasteiger partial charge in [0.05, 0.1) is 10.1 Å². The van der Waals surface area contributed by atoms with Crippen LogP contribution in [0.25, 0.3) is 10.9 Å². The van der Waals surface area contributed by atoms with Crippen molar-refractivity contribution in [2.45, 2.75) is 0 Å². The van der Waals surface area contributed by atoms with Crippen molar-refractivity contribution in [2.75, 3.05) is 6.26 Å². The zero-order chi connectivity index (χ0) is 12.2. The number of pyridine rings is 1. The van der Waals surface area contributed by atoms with E-state index >= 15 is 0 Å². The van der Waals surface area contributed by atoms with Gasteiger partial charge in [0.1, 0.15) is 7.05 Å². The standard InChI is InChI=1S/C10H10N.CH4O3S/c1-11-8-4-6-9-5-2-3-7-10(9)11;1-5(2,3)4/h2-8H,1H3;1H3,(H,2,3,4)/q+1;/p-1. The number of aromatic nitrogens is 1. The van der Waals surface area contributed by atoms with Crippen LogP contribution < -0.4 is 4.57 Å². The Morgan fingerprint density at radius 2 is 1.62 bits per heavy atom. The highest BCUT2D eigenvalue weighted by molar-refractivity contribution is 7.84. The first-order chi connectivity index (χ1) is 7.38. The number of nitrogens with zero attached hydrogens (tertiary/aromatic N) is 1. The van der Waals surface area contributed by atoms with Crippen molar-refractivity contribution in [3.05, 3.63) is 42.6 Å². The first-order valence-corrected chi connectivity index (χ1v) is 6.44. The van der Waals surface area contributed by atoms with Crippen LogP contribution in [0, 0.1) is 0 Å². The van der Waals surface area contributed by atoms with Crippen LogP contribution in [0.4, 0.5) is 0 Å². The molecule has 0 aliphatic rings. The Hall–Kier alpha value is -1.46. The van der Waals surface area contributed by atoms with E-state index in [1.165, 1.54) is 10.9 Å². The van der Waals surface area contributed by atoms with Crippen LogP contribution in [0.3, 0.4) is 0 Å². The highest BCUT2D eigenvalue weighted by Crippen LogP contribution is 2.06. The third-order valence-electron chi connectivity index (χ3n) is 1.90. The van der Waals surface area contributed by atoms with Gasteiger partial charge in [-0.3, -0.25) is 0 Å². The Bertz CT molecular complexity index is 565. The lowest BCUT2D eigenvalue weighted by molar-refractivity contribution is -0.644. The molecule has 1 aromatic carbocycles. The lowest BCUT2D eigenvalue weighted by Crippen LogP contribution is -2.27. The molecule has 0 saturated carbocycles. The summed E-state index contributed by atoms with van der Waals surface area (Å²) in [5.74, 6) is 0. The van der Waals surface area contributed by atoms with Crippen LogP contribution in [-0.4, -0.2) is 19.2 Å². The highest BCUT2D eigenvalue weighted by atomic mass is 32.2. The Kier molecular flexibility index (Phi) is 3.98. The predicted octanol–water partition coefficient (Wildman–Crippen LogP) is 0.826. The van der Waals surface area contributed by atoms with Crippen LogP contribution in [0.2, 0.25) is 0 Å². The Labute approximate surface area is 94.9 Å². The molecular formula is C11H13NO3S. The fraction of sp³-hybridized carbons (Fsp3) is 0.182. The largest absolute Gasteiger partial charge is 0.748 e. The maximum absolute atomic E-state index is 9.08. The zero-order valence-corrected chi connectivity index (χ0v) is 9.94. The minimum absolute atomic E-state index is 0.604. The molecule has 4 nitrogen and oxygen atoms in total. The molecule has 0 amide bonds. The smallest absolute Gasteiger partial charge is 0.212 e. The molecule has 0 unspecified atom stereocenters. The molecule has 5 heteroatoms. The van der Waals surface area contributed by atoms with E-state index in [1.54, 1.807) is 0 Å². The minimum atomic E-state index is -3.92. The molecule has 2 rings (SSSR count). The van der Waals surface area contributed by atoms with Crippen LogP contribution in [0.1, 0.15) is 0 Å². The molecular weight excluding hydrogens is 226 g/mol. The number of fused-ring (bicyclic) bond motifs is 1. The van der Waals surface area contributed by atoms with Crippen LogP contribution in [0.5, 0.6) is 0 Å². The van der Waals surface area contributed by atoms with Crippen LogP contribution in [0.15, 0.2) is 42.6 Å². The first-order valence-electron chi connectivity index (χ1n) is 4.62. The van der Waals surface area contributed by atoms with Gasteiger partial charge in [0.2, 0.25) is 5.52 Å². The van der Waals surface area contributed by atoms with E-state index in [0.29, 0.717) is 6.26 Å².